The highest BCUT2D eigenvalue weighted by atomic mass is 16.5. The highest BCUT2D eigenvalue weighted by molar-refractivity contribution is 6.05. The van der Waals surface area contributed by atoms with Crippen LogP contribution in [0.2, 0.25) is 0 Å². The number of para-hydroxylation sites is 2. The van der Waals surface area contributed by atoms with Crippen LogP contribution in [-0.4, -0.2) is 28.0 Å². The van der Waals surface area contributed by atoms with Gasteiger partial charge in [-0.2, -0.15) is 0 Å². The lowest BCUT2D eigenvalue weighted by atomic mass is 10.1. The Balaban J connectivity index is 1.70. The van der Waals surface area contributed by atoms with E-state index in [-0.39, 0.29) is 5.91 Å². The van der Waals surface area contributed by atoms with Gasteiger partial charge in [-0.15, -0.1) is 0 Å². The maximum atomic E-state index is 12.4. The van der Waals surface area contributed by atoms with Gasteiger partial charge in [-0.25, -0.2) is 4.98 Å². The number of carbonyl (C=O) groups is 1. The van der Waals surface area contributed by atoms with Gasteiger partial charge in [-0.05, 0) is 42.5 Å². The van der Waals surface area contributed by atoms with Crippen molar-refractivity contribution in [1.82, 2.24) is 15.0 Å². The zero-order valence-corrected chi connectivity index (χ0v) is 14.1. The molecular weight excluding hydrogens is 328 g/mol. The average molecular weight is 344 g/mol. The molecule has 2 heterocycles. The van der Waals surface area contributed by atoms with Gasteiger partial charge in [0.15, 0.2) is 0 Å². The molecule has 0 aliphatic carbocycles. The summed E-state index contributed by atoms with van der Waals surface area (Å²) >= 11 is 0. The van der Waals surface area contributed by atoms with E-state index in [0.717, 1.165) is 22.4 Å². The van der Waals surface area contributed by atoms with Crippen molar-refractivity contribution in [2.24, 2.45) is 0 Å². The maximum Gasteiger partial charge on any atom is 0.257 e. The van der Waals surface area contributed by atoms with Crippen molar-refractivity contribution in [3.8, 4) is 17.1 Å². The van der Waals surface area contributed by atoms with Crippen LogP contribution < -0.4 is 10.1 Å². The lowest BCUT2D eigenvalue weighted by molar-refractivity contribution is 0.102. The number of rotatable bonds is 4. The summed E-state index contributed by atoms with van der Waals surface area (Å²) in [6.45, 7) is 0. The second-order valence-electron chi connectivity index (χ2n) is 5.71. The molecule has 0 atom stereocenters. The molecule has 0 spiro atoms. The van der Waals surface area contributed by atoms with Gasteiger partial charge in [0.25, 0.3) is 5.91 Å². The SMILES string of the molecule is COc1ccc(-c2nc3ccccc3[nH]2)cc1NC(=O)c1cccnc1. The number of amides is 1. The van der Waals surface area contributed by atoms with Crippen LogP contribution in [-0.2, 0) is 0 Å². The van der Waals surface area contributed by atoms with E-state index in [4.69, 9.17) is 4.74 Å². The van der Waals surface area contributed by atoms with Crippen LogP contribution >= 0.6 is 0 Å². The zero-order valence-electron chi connectivity index (χ0n) is 14.1. The Kier molecular flexibility index (Phi) is 4.07. The minimum Gasteiger partial charge on any atom is -0.495 e. The summed E-state index contributed by atoms with van der Waals surface area (Å²) in [5.74, 6) is 1.05. The highest BCUT2D eigenvalue weighted by Gasteiger charge is 2.13. The molecule has 0 fully saturated rings. The number of nitrogens with one attached hydrogen (secondary N) is 2. The summed E-state index contributed by atoms with van der Waals surface area (Å²) in [6, 6.07) is 16.8. The fourth-order valence-corrected chi connectivity index (χ4v) is 2.73. The highest BCUT2D eigenvalue weighted by Crippen LogP contribution is 2.30. The van der Waals surface area contributed by atoms with Crippen LogP contribution in [0.5, 0.6) is 5.75 Å². The first-order valence-electron chi connectivity index (χ1n) is 8.09. The number of hydrogen-bond acceptors (Lipinski definition) is 4. The standard InChI is InChI=1S/C20H16N4O2/c1-26-18-9-8-13(19-22-15-6-2-3-7-16(15)23-19)11-17(18)24-20(25)14-5-4-10-21-12-14/h2-12H,1H3,(H,22,23)(H,24,25). The normalized spacial score (nSPS) is 10.7. The van der Waals surface area contributed by atoms with E-state index in [9.17, 15) is 4.79 Å². The van der Waals surface area contributed by atoms with Gasteiger partial charge < -0.3 is 15.0 Å². The van der Waals surface area contributed by atoms with E-state index in [1.54, 1.807) is 31.5 Å². The number of aromatic nitrogens is 3. The number of carbonyl (C=O) groups excluding carboxylic acids is 1. The molecule has 0 unspecified atom stereocenters. The smallest absolute Gasteiger partial charge is 0.257 e. The van der Waals surface area contributed by atoms with Crippen LogP contribution in [0, 0.1) is 0 Å². The Labute approximate surface area is 149 Å². The number of hydrogen-bond donors (Lipinski definition) is 2. The number of pyridine rings is 1. The lowest BCUT2D eigenvalue weighted by Gasteiger charge is -2.11. The fourth-order valence-electron chi connectivity index (χ4n) is 2.73. The lowest BCUT2D eigenvalue weighted by Crippen LogP contribution is -2.12. The number of anilines is 1. The number of benzene rings is 2. The molecule has 2 aromatic heterocycles. The Morgan fingerprint density at radius 2 is 2.00 bits per heavy atom. The van der Waals surface area contributed by atoms with Crippen molar-refractivity contribution in [3.63, 3.8) is 0 Å². The van der Waals surface area contributed by atoms with Crippen molar-refractivity contribution in [1.29, 1.82) is 0 Å². The summed E-state index contributed by atoms with van der Waals surface area (Å²) in [6.07, 6.45) is 3.14. The van der Waals surface area contributed by atoms with E-state index >= 15 is 0 Å². The first-order chi connectivity index (χ1) is 12.7. The van der Waals surface area contributed by atoms with E-state index in [1.807, 2.05) is 36.4 Å². The molecule has 1 amide bonds. The third-order valence-corrected chi connectivity index (χ3v) is 4.03. The number of imidazole rings is 1. The first kappa shape index (κ1) is 15.8. The van der Waals surface area contributed by atoms with Crippen LogP contribution in [0.4, 0.5) is 5.69 Å². The number of ether oxygens (including phenoxy) is 1. The summed E-state index contributed by atoms with van der Waals surface area (Å²) < 4.78 is 5.37. The molecule has 2 aromatic carbocycles. The molecule has 0 radical (unpaired) electrons. The predicted octanol–water partition coefficient (Wildman–Crippen LogP) is 3.89. The van der Waals surface area contributed by atoms with Crippen molar-refractivity contribution < 1.29 is 9.53 Å². The van der Waals surface area contributed by atoms with Crippen LogP contribution in [0.1, 0.15) is 10.4 Å². The molecule has 0 saturated carbocycles. The molecule has 4 aromatic rings. The maximum absolute atomic E-state index is 12.4. The molecule has 0 aliphatic heterocycles. The third-order valence-electron chi connectivity index (χ3n) is 4.03. The number of nitrogens with zero attached hydrogens (tertiary/aromatic N) is 2. The third kappa shape index (κ3) is 3.00. The van der Waals surface area contributed by atoms with E-state index < -0.39 is 0 Å². The van der Waals surface area contributed by atoms with Gasteiger partial charge >= 0.3 is 0 Å². The summed E-state index contributed by atoms with van der Waals surface area (Å²) in [7, 11) is 1.57. The molecule has 128 valence electrons. The predicted molar refractivity (Wildman–Crippen MR) is 100 cm³/mol. The Hall–Kier alpha value is -3.67. The number of fused-ring (bicyclic) bond motifs is 1. The quantitative estimate of drug-likeness (QED) is 0.589. The number of H-pyrrole nitrogens is 1. The van der Waals surface area contributed by atoms with Crippen molar-refractivity contribution in [3.05, 3.63) is 72.6 Å². The van der Waals surface area contributed by atoms with Crippen LogP contribution in [0.3, 0.4) is 0 Å². The first-order valence-corrected chi connectivity index (χ1v) is 8.09. The van der Waals surface area contributed by atoms with Gasteiger partial charge in [0.05, 0.1) is 29.4 Å². The molecule has 4 rings (SSSR count). The van der Waals surface area contributed by atoms with Crippen molar-refractivity contribution >= 4 is 22.6 Å². The average Bonchev–Trinajstić information content (AvgIpc) is 3.13. The molecule has 26 heavy (non-hydrogen) atoms. The second-order valence-corrected chi connectivity index (χ2v) is 5.71. The largest absolute Gasteiger partial charge is 0.495 e. The molecular formula is C20H16N4O2. The fraction of sp³-hybridized carbons (Fsp3) is 0.0500. The Bertz CT molecular complexity index is 1040. The van der Waals surface area contributed by atoms with Crippen molar-refractivity contribution in [2.45, 2.75) is 0 Å². The van der Waals surface area contributed by atoms with E-state index in [2.05, 4.69) is 20.3 Å². The van der Waals surface area contributed by atoms with Gasteiger partial charge in [-0.3, -0.25) is 9.78 Å². The molecule has 0 aliphatic rings. The summed E-state index contributed by atoms with van der Waals surface area (Å²) in [5.41, 5.74) is 3.74. The van der Waals surface area contributed by atoms with Crippen LogP contribution in [0.25, 0.3) is 22.4 Å². The Morgan fingerprint density at radius 3 is 2.77 bits per heavy atom. The van der Waals surface area contributed by atoms with Gasteiger partial charge in [-0.1, -0.05) is 12.1 Å². The van der Waals surface area contributed by atoms with E-state index in [0.29, 0.717) is 17.0 Å². The molecule has 6 heteroatoms. The van der Waals surface area contributed by atoms with Gasteiger partial charge in [0, 0.05) is 18.0 Å². The Morgan fingerprint density at radius 1 is 1.12 bits per heavy atom. The molecule has 2 N–H and O–H groups in total. The number of aromatic amines is 1. The molecule has 0 bridgehead atoms. The molecule has 0 saturated heterocycles. The topological polar surface area (TPSA) is 79.9 Å². The number of methoxy groups -OCH3 is 1. The minimum atomic E-state index is -0.252. The zero-order chi connectivity index (χ0) is 17.9. The summed E-state index contributed by atoms with van der Waals surface area (Å²) in [5, 5.41) is 2.88. The van der Waals surface area contributed by atoms with Gasteiger partial charge in [0.2, 0.25) is 0 Å². The van der Waals surface area contributed by atoms with E-state index in [1.165, 1.54) is 6.20 Å². The summed E-state index contributed by atoms with van der Waals surface area (Å²) in [4.78, 5) is 24.3. The van der Waals surface area contributed by atoms with Gasteiger partial charge in [0.1, 0.15) is 11.6 Å². The van der Waals surface area contributed by atoms with Crippen molar-refractivity contribution in [2.75, 3.05) is 12.4 Å². The van der Waals surface area contributed by atoms with Crippen LogP contribution in [0.15, 0.2) is 67.0 Å². The second kappa shape index (κ2) is 6.68. The minimum absolute atomic E-state index is 0.252. The monoisotopic (exact) mass is 344 g/mol. The molecule has 6 nitrogen and oxygen atoms in total.